The Labute approximate surface area is 321 Å². The Kier molecular flexibility index (Phi) is 10.4. The molecule has 0 unspecified atom stereocenters. The van der Waals surface area contributed by atoms with Gasteiger partial charge in [-0.25, -0.2) is 23.2 Å². The monoisotopic (exact) mass is 796 g/mol. The van der Waals surface area contributed by atoms with Gasteiger partial charge in [0.1, 0.15) is 45.9 Å². The molecule has 0 spiro atoms. The van der Waals surface area contributed by atoms with E-state index >= 15 is 0 Å². The smallest absolute Gasteiger partial charge is 0.408 e. The minimum atomic E-state index is -3.88. The number of fused-ring (bicyclic) bond motifs is 3. The van der Waals surface area contributed by atoms with Crippen molar-refractivity contribution in [1.82, 2.24) is 30.2 Å². The fourth-order valence-corrected chi connectivity index (χ4v) is 10.5. The molecule has 5 heterocycles. The van der Waals surface area contributed by atoms with Crippen molar-refractivity contribution in [2.75, 3.05) is 6.54 Å². The van der Waals surface area contributed by atoms with Gasteiger partial charge in [-0.3, -0.25) is 19.1 Å². The summed E-state index contributed by atoms with van der Waals surface area (Å²) in [7, 11) is -3.88. The molecule has 3 aromatic heterocycles. The second kappa shape index (κ2) is 15.2. The summed E-state index contributed by atoms with van der Waals surface area (Å²) in [5.41, 5.74) is -0.285. The number of carbonyl (C=O) groups is 4. The Balaban J connectivity index is 1.09. The van der Waals surface area contributed by atoms with E-state index < -0.39 is 68.7 Å². The maximum Gasteiger partial charge on any atom is 0.408 e. The van der Waals surface area contributed by atoms with Gasteiger partial charge in [-0.2, -0.15) is 0 Å². The number of hydrogen-bond acceptors (Lipinski definition) is 12. The molecule has 3 N–H and O–H groups in total. The van der Waals surface area contributed by atoms with Crippen LogP contribution in [0.3, 0.4) is 0 Å². The van der Waals surface area contributed by atoms with E-state index in [2.05, 4.69) is 15.4 Å². The Bertz CT molecular complexity index is 2040. The molecule has 3 aliphatic carbocycles. The van der Waals surface area contributed by atoms with Crippen LogP contribution in [-0.2, 0) is 29.1 Å². The molecular formula is C37H44N6O8S3. The van der Waals surface area contributed by atoms with Gasteiger partial charge in [-0.15, -0.1) is 22.7 Å². The molecule has 3 saturated carbocycles. The average molecular weight is 797 g/mol. The van der Waals surface area contributed by atoms with Gasteiger partial charge in [0.15, 0.2) is 0 Å². The number of alkyl carbamates (subject to hydrolysis) is 1. The predicted octanol–water partition coefficient (Wildman–Crippen LogP) is 4.81. The summed E-state index contributed by atoms with van der Waals surface area (Å²) in [4.78, 5) is 68.5. The molecule has 4 fully saturated rings. The summed E-state index contributed by atoms with van der Waals surface area (Å²) in [6.07, 6.45) is 10.3. The molecular weight excluding hydrogens is 753 g/mol. The highest BCUT2D eigenvalue weighted by Crippen LogP contribution is 2.46. The van der Waals surface area contributed by atoms with Crippen LogP contribution in [0, 0.1) is 5.92 Å². The third-order valence-electron chi connectivity index (χ3n) is 11.0. The Morgan fingerprint density at radius 1 is 0.963 bits per heavy atom. The molecule has 0 bridgehead atoms. The number of nitrogens with zero attached hydrogens (tertiary/aromatic N) is 3. The summed E-state index contributed by atoms with van der Waals surface area (Å²) < 4.78 is 40.2. The molecule has 0 aromatic carbocycles. The van der Waals surface area contributed by atoms with Gasteiger partial charge >= 0.3 is 6.09 Å². The third-order valence-corrected chi connectivity index (χ3v) is 14.5. The topological polar surface area (TPSA) is 186 Å². The summed E-state index contributed by atoms with van der Waals surface area (Å²) in [5, 5.41) is 8.93. The lowest BCUT2D eigenvalue weighted by Crippen LogP contribution is -2.58. The molecule has 2 aliphatic heterocycles. The number of allylic oxidation sites excluding steroid dienone is 1. The second-order valence-corrected chi connectivity index (χ2v) is 18.8. The van der Waals surface area contributed by atoms with Crippen molar-refractivity contribution in [3.63, 3.8) is 0 Å². The number of sulfonamides is 1. The lowest BCUT2D eigenvalue weighted by atomic mass is 10.0. The maximum atomic E-state index is 14.6. The van der Waals surface area contributed by atoms with Gasteiger partial charge < -0.3 is 25.0 Å². The van der Waals surface area contributed by atoms with Gasteiger partial charge in [-0.1, -0.05) is 31.1 Å². The summed E-state index contributed by atoms with van der Waals surface area (Å²) in [6, 6.07) is 3.62. The molecule has 5 atom stereocenters. The molecule has 54 heavy (non-hydrogen) atoms. The molecule has 1 saturated heterocycles. The number of nitrogens with one attached hydrogen (secondary N) is 3. The van der Waals surface area contributed by atoms with Gasteiger partial charge in [-0.05, 0) is 87.1 Å². The van der Waals surface area contributed by atoms with E-state index in [4.69, 9.17) is 19.4 Å². The highest BCUT2D eigenvalue weighted by Gasteiger charge is 2.62. The van der Waals surface area contributed by atoms with E-state index in [0.717, 1.165) is 48.2 Å². The first-order valence-corrected chi connectivity index (χ1v) is 22.2. The predicted molar refractivity (Wildman–Crippen MR) is 202 cm³/mol. The summed E-state index contributed by atoms with van der Waals surface area (Å²) >= 11 is 2.95. The van der Waals surface area contributed by atoms with Crippen molar-refractivity contribution in [3.05, 3.63) is 41.1 Å². The quantitative estimate of drug-likeness (QED) is 0.267. The minimum absolute atomic E-state index is 0.00139. The first-order chi connectivity index (χ1) is 26.1. The Morgan fingerprint density at radius 3 is 2.56 bits per heavy atom. The lowest BCUT2D eigenvalue weighted by molar-refractivity contribution is -0.141. The van der Waals surface area contributed by atoms with Gasteiger partial charge in [0.2, 0.25) is 27.7 Å². The van der Waals surface area contributed by atoms with Crippen LogP contribution in [0.5, 0.6) is 5.88 Å². The fourth-order valence-electron chi connectivity index (χ4n) is 7.77. The van der Waals surface area contributed by atoms with Crippen LogP contribution in [0.4, 0.5) is 4.79 Å². The van der Waals surface area contributed by atoms with E-state index in [9.17, 15) is 27.6 Å². The highest BCUT2D eigenvalue weighted by molar-refractivity contribution is 7.91. The molecule has 3 aromatic rings. The highest BCUT2D eigenvalue weighted by atomic mass is 32.2. The number of aromatic nitrogens is 2. The van der Waals surface area contributed by atoms with Crippen LogP contribution >= 0.6 is 22.7 Å². The summed E-state index contributed by atoms with van der Waals surface area (Å²) in [5.74, 6) is -1.99. The number of rotatable bonds is 8. The molecule has 14 nitrogen and oxygen atoms in total. The lowest BCUT2D eigenvalue weighted by Gasteiger charge is -2.30. The van der Waals surface area contributed by atoms with Crippen molar-refractivity contribution in [2.24, 2.45) is 5.92 Å². The number of ether oxygens (including phenoxy) is 2. The zero-order chi connectivity index (χ0) is 37.5. The largest absolute Gasteiger partial charge is 0.471 e. The van der Waals surface area contributed by atoms with Crippen LogP contribution in [-0.4, -0.2) is 88.7 Å². The van der Waals surface area contributed by atoms with Crippen molar-refractivity contribution < 1.29 is 37.1 Å². The van der Waals surface area contributed by atoms with Gasteiger partial charge in [0.05, 0.1) is 16.7 Å². The van der Waals surface area contributed by atoms with Gasteiger partial charge in [0.25, 0.3) is 5.91 Å². The van der Waals surface area contributed by atoms with Crippen LogP contribution in [0.15, 0.2) is 41.1 Å². The zero-order valence-corrected chi connectivity index (χ0v) is 32.2. The maximum absolute atomic E-state index is 14.6. The number of carbonyl (C=O) groups excluding carboxylic acids is 4. The molecule has 17 heteroatoms. The number of amides is 4. The number of thiophene rings is 2. The van der Waals surface area contributed by atoms with Gasteiger partial charge in [0, 0.05) is 12.3 Å². The van der Waals surface area contributed by atoms with Crippen LogP contribution < -0.4 is 20.1 Å². The minimum Gasteiger partial charge on any atom is -0.471 e. The standard InChI is InChI=1S/C37H44N6O8S3/c44-31-28-19-24(50-32-30(29-13-8-17-52-29)40-33-26(38-32)16-18-53-33)21-43(28)34(45)27(39-36(47)51-23-10-6-7-11-23)12-5-3-1-2-4-9-22-20-37(22,41-31)35(46)42-54(48,49)25-14-15-25/h4,8-9,13,16-18,22-25,27-28H,1-3,5-7,10-12,14-15,19-21H2,(H,39,47)(H,41,44)(H,42,46)/b9-4-/t22-,24-,27+,28+,37-/m1/s1. The first kappa shape index (κ1) is 36.9. The van der Waals surface area contributed by atoms with E-state index in [1.807, 2.05) is 41.1 Å². The van der Waals surface area contributed by atoms with E-state index in [0.29, 0.717) is 43.3 Å². The fraction of sp³-hybridized carbons (Fsp3) is 0.568. The molecule has 0 radical (unpaired) electrons. The average Bonchev–Trinajstić information content (AvgIpc) is 3.71. The van der Waals surface area contributed by atoms with Crippen molar-refractivity contribution in [3.8, 4) is 16.5 Å². The van der Waals surface area contributed by atoms with Crippen LogP contribution in [0.25, 0.3) is 20.9 Å². The first-order valence-electron chi connectivity index (χ1n) is 18.9. The number of hydrogen-bond donors (Lipinski definition) is 3. The molecule has 288 valence electrons. The Hall–Kier alpha value is -4.09. The molecule has 4 amide bonds. The van der Waals surface area contributed by atoms with Crippen molar-refractivity contribution in [2.45, 2.75) is 119 Å². The van der Waals surface area contributed by atoms with Crippen LogP contribution in [0.2, 0.25) is 0 Å². The molecule has 8 rings (SSSR count). The van der Waals surface area contributed by atoms with E-state index in [1.54, 1.807) is 0 Å². The SMILES string of the molecule is O=C(N[C@H]1CCCCC/C=C\[C@@H]2C[C@@]2(C(=O)NS(=O)(=O)C2CC2)NC(=O)[C@@H]2C[C@@H](Oc3nc4ccsc4nc3-c3cccs3)CN2C1=O)OC1CCCC1. The molecule has 5 aliphatic rings. The van der Waals surface area contributed by atoms with Crippen LogP contribution in [0.1, 0.15) is 83.5 Å². The van der Waals surface area contributed by atoms with E-state index in [1.165, 1.54) is 27.6 Å². The summed E-state index contributed by atoms with van der Waals surface area (Å²) in [6.45, 7) is -0.00139. The normalized spacial score (nSPS) is 28.6. The third kappa shape index (κ3) is 7.85. The van der Waals surface area contributed by atoms with Crippen molar-refractivity contribution >= 4 is 66.9 Å². The zero-order valence-electron chi connectivity index (χ0n) is 29.7. The Morgan fingerprint density at radius 2 is 1.78 bits per heavy atom. The second-order valence-electron chi connectivity index (χ2n) is 15.0. The van der Waals surface area contributed by atoms with Crippen molar-refractivity contribution in [1.29, 1.82) is 0 Å². The van der Waals surface area contributed by atoms with E-state index in [-0.39, 0.29) is 31.4 Å².